The number of fused-ring (bicyclic) bond motifs is 1. The minimum absolute atomic E-state index is 0.266. The minimum atomic E-state index is -0.515. The van der Waals surface area contributed by atoms with Crippen molar-refractivity contribution in [2.75, 3.05) is 6.61 Å². The van der Waals surface area contributed by atoms with E-state index < -0.39 is 6.10 Å². The molecule has 28 heavy (non-hydrogen) atoms. The van der Waals surface area contributed by atoms with Crippen LogP contribution in [0, 0.1) is 6.92 Å². The standard InChI is InChI=1S/C22H24N4O2/c1-16-22-20(24-23-16)11-6-12-21(22)28-15-19(27)10-5-7-17-13-14-26(25-17)18-8-3-2-4-9-18/h2-4,6,8-9,11-14,19,27H,5,7,10,15H2,1H3,(H,23,24)/t19-/m0/s1. The first-order valence-corrected chi connectivity index (χ1v) is 9.55. The van der Waals surface area contributed by atoms with Gasteiger partial charge >= 0.3 is 0 Å². The summed E-state index contributed by atoms with van der Waals surface area (Å²) in [5, 5.41) is 23.1. The van der Waals surface area contributed by atoms with E-state index >= 15 is 0 Å². The monoisotopic (exact) mass is 376 g/mol. The van der Waals surface area contributed by atoms with Gasteiger partial charge in [-0.1, -0.05) is 24.3 Å². The Morgan fingerprint density at radius 1 is 1.11 bits per heavy atom. The second-order valence-corrected chi connectivity index (χ2v) is 6.94. The Kier molecular flexibility index (Phi) is 5.39. The Morgan fingerprint density at radius 2 is 1.96 bits per heavy atom. The molecule has 0 aliphatic rings. The number of nitrogens with zero attached hydrogens (tertiary/aromatic N) is 3. The number of hydrogen-bond acceptors (Lipinski definition) is 4. The number of para-hydroxylation sites is 1. The molecular formula is C22H24N4O2. The van der Waals surface area contributed by atoms with Gasteiger partial charge in [-0.15, -0.1) is 0 Å². The molecule has 2 aromatic carbocycles. The van der Waals surface area contributed by atoms with Gasteiger partial charge in [-0.05, 0) is 56.5 Å². The fourth-order valence-corrected chi connectivity index (χ4v) is 3.32. The molecule has 4 aromatic rings. The molecule has 6 nitrogen and oxygen atoms in total. The van der Waals surface area contributed by atoms with Gasteiger partial charge in [0.2, 0.25) is 0 Å². The maximum absolute atomic E-state index is 10.3. The van der Waals surface area contributed by atoms with Gasteiger partial charge < -0.3 is 9.84 Å². The van der Waals surface area contributed by atoms with Crippen LogP contribution in [0.2, 0.25) is 0 Å². The summed E-state index contributed by atoms with van der Waals surface area (Å²) < 4.78 is 7.73. The topological polar surface area (TPSA) is 76.0 Å². The van der Waals surface area contributed by atoms with E-state index in [0.717, 1.165) is 46.6 Å². The van der Waals surface area contributed by atoms with Crippen LogP contribution < -0.4 is 4.74 Å². The molecule has 0 radical (unpaired) electrons. The highest BCUT2D eigenvalue weighted by molar-refractivity contribution is 5.87. The van der Waals surface area contributed by atoms with E-state index in [9.17, 15) is 5.11 Å². The zero-order chi connectivity index (χ0) is 19.3. The molecule has 0 spiro atoms. The summed E-state index contributed by atoms with van der Waals surface area (Å²) in [4.78, 5) is 0. The molecule has 0 amide bonds. The average molecular weight is 376 g/mol. The second kappa shape index (κ2) is 8.27. The molecule has 0 aliphatic heterocycles. The molecule has 0 fully saturated rings. The maximum atomic E-state index is 10.3. The van der Waals surface area contributed by atoms with Gasteiger partial charge in [0.15, 0.2) is 0 Å². The summed E-state index contributed by atoms with van der Waals surface area (Å²) in [6.07, 6.45) is 3.80. The lowest BCUT2D eigenvalue weighted by molar-refractivity contribution is 0.0989. The Morgan fingerprint density at radius 3 is 2.82 bits per heavy atom. The van der Waals surface area contributed by atoms with Gasteiger partial charge in [0.25, 0.3) is 0 Å². The summed E-state index contributed by atoms with van der Waals surface area (Å²) >= 11 is 0. The zero-order valence-electron chi connectivity index (χ0n) is 15.9. The lowest BCUT2D eigenvalue weighted by atomic mass is 10.1. The van der Waals surface area contributed by atoms with E-state index in [1.807, 2.05) is 72.4 Å². The summed E-state index contributed by atoms with van der Waals surface area (Å²) in [5.74, 6) is 0.754. The van der Waals surface area contributed by atoms with E-state index in [2.05, 4.69) is 15.3 Å². The number of nitrogens with one attached hydrogen (secondary N) is 1. The second-order valence-electron chi connectivity index (χ2n) is 6.94. The first-order valence-electron chi connectivity index (χ1n) is 9.55. The van der Waals surface area contributed by atoms with Crippen molar-refractivity contribution in [3.63, 3.8) is 0 Å². The molecule has 144 valence electrons. The third-order valence-corrected chi connectivity index (χ3v) is 4.79. The van der Waals surface area contributed by atoms with Crippen LogP contribution in [-0.4, -0.2) is 37.8 Å². The first-order chi connectivity index (χ1) is 13.7. The lowest BCUT2D eigenvalue weighted by Crippen LogP contribution is -2.17. The maximum Gasteiger partial charge on any atom is 0.130 e. The normalized spacial score (nSPS) is 12.4. The summed E-state index contributed by atoms with van der Waals surface area (Å²) in [7, 11) is 0. The summed E-state index contributed by atoms with van der Waals surface area (Å²) in [6.45, 7) is 2.23. The number of aromatic nitrogens is 4. The molecule has 2 heterocycles. The molecule has 0 saturated heterocycles. The summed E-state index contributed by atoms with van der Waals surface area (Å²) in [6, 6.07) is 17.8. The van der Waals surface area contributed by atoms with Crippen LogP contribution in [0.25, 0.3) is 16.6 Å². The Balaban J connectivity index is 1.26. The fourth-order valence-electron chi connectivity index (χ4n) is 3.32. The molecule has 6 heteroatoms. The van der Waals surface area contributed by atoms with Crippen molar-refractivity contribution >= 4 is 10.9 Å². The van der Waals surface area contributed by atoms with E-state index in [1.54, 1.807) is 0 Å². The zero-order valence-corrected chi connectivity index (χ0v) is 15.9. The van der Waals surface area contributed by atoms with Crippen molar-refractivity contribution in [1.82, 2.24) is 20.0 Å². The van der Waals surface area contributed by atoms with Crippen molar-refractivity contribution < 1.29 is 9.84 Å². The fraction of sp³-hybridized carbons (Fsp3) is 0.273. The molecule has 0 aliphatic carbocycles. The van der Waals surface area contributed by atoms with Crippen LogP contribution in [0.3, 0.4) is 0 Å². The van der Waals surface area contributed by atoms with Crippen molar-refractivity contribution in [3.05, 3.63) is 72.2 Å². The lowest BCUT2D eigenvalue weighted by Gasteiger charge is -2.13. The van der Waals surface area contributed by atoms with Crippen molar-refractivity contribution in [1.29, 1.82) is 0 Å². The highest BCUT2D eigenvalue weighted by Crippen LogP contribution is 2.27. The number of aryl methyl sites for hydroxylation is 2. The molecule has 2 aromatic heterocycles. The van der Waals surface area contributed by atoms with Crippen LogP contribution in [0.15, 0.2) is 60.8 Å². The molecule has 0 bridgehead atoms. The predicted molar refractivity (Wildman–Crippen MR) is 109 cm³/mol. The predicted octanol–water partition coefficient (Wildman–Crippen LogP) is 3.82. The average Bonchev–Trinajstić information content (AvgIpc) is 3.35. The van der Waals surface area contributed by atoms with Crippen LogP contribution in [0.4, 0.5) is 0 Å². The van der Waals surface area contributed by atoms with Gasteiger partial charge in [0.1, 0.15) is 12.4 Å². The van der Waals surface area contributed by atoms with Gasteiger partial charge in [-0.25, -0.2) is 4.68 Å². The number of aromatic amines is 1. The number of ether oxygens (including phenoxy) is 1. The molecule has 1 atom stereocenters. The van der Waals surface area contributed by atoms with Crippen molar-refractivity contribution in [2.24, 2.45) is 0 Å². The van der Waals surface area contributed by atoms with E-state index in [4.69, 9.17) is 4.74 Å². The molecule has 2 N–H and O–H groups in total. The quantitative estimate of drug-likeness (QED) is 0.490. The van der Waals surface area contributed by atoms with E-state index in [1.165, 1.54) is 0 Å². The number of H-pyrrole nitrogens is 1. The highest BCUT2D eigenvalue weighted by atomic mass is 16.5. The smallest absolute Gasteiger partial charge is 0.130 e. The Hall–Kier alpha value is -3.12. The molecule has 0 unspecified atom stereocenters. The summed E-state index contributed by atoms with van der Waals surface area (Å²) in [5.41, 5.74) is 3.91. The third kappa shape index (κ3) is 4.07. The molecule has 0 saturated carbocycles. The SMILES string of the molecule is Cc1[nH]nc2cccc(OC[C@@H](O)CCCc3ccn(-c4ccccc4)n3)c12. The first kappa shape index (κ1) is 18.3. The van der Waals surface area contributed by atoms with Crippen LogP contribution in [0.5, 0.6) is 5.75 Å². The largest absolute Gasteiger partial charge is 0.490 e. The Bertz CT molecular complexity index is 1040. The number of rotatable bonds is 8. The number of benzene rings is 2. The van der Waals surface area contributed by atoms with Crippen molar-refractivity contribution in [2.45, 2.75) is 32.3 Å². The number of hydrogen-bond donors (Lipinski definition) is 2. The molecule has 4 rings (SSSR count). The van der Waals surface area contributed by atoms with Crippen LogP contribution in [0.1, 0.15) is 24.2 Å². The minimum Gasteiger partial charge on any atom is -0.490 e. The molecular weight excluding hydrogens is 352 g/mol. The van der Waals surface area contributed by atoms with Gasteiger partial charge in [-0.3, -0.25) is 5.10 Å². The van der Waals surface area contributed by atoms with E-state index in [-0.39, 0.29) is 6.61 Å². The number of aliphatic hydroxyl groups excluding tert-OH is 1. The van der Waals surface area contributed by atoms with E-state index in [0.29, 0.717) is 6.42 Å². The number of aliphatic hydroxyl groups is 1. The van der Waals surface area contributed by atoms with Crippen molar-refractivity contribution in [3.8, 4) is 11.4 Å². The highest BCUT2D eigenvalue weighted by Gasteiger charge is 2.11. The van der Waals surface area contributed by atoms with Gasteiger partial charge in [-0.2, -0.15) is 10.2 Å². The third-order valence-electron chi connectivity index (χ3n) is 4.79. The van der Waals surface area contributed by atoms with Crippen LogP contribution >= 0.6 is 0 Å². The Labute approximate surface area is 163 Å². The van der Waals surface area contributed by atoms with Crippen LogP contribution in [-0.2, 0) is 6.42 Å². The van der Waals surface area contributed by atoms with Gasteiger partial charge in [0, 0.05) is 11.9 Å². The van der Waals surface area contributed by atoms with Gasteiger partial charge in [0.05, 0.1) is 28.4 Å².